The Kier molecular flexibility index (Phi) is 3.90. The van der Waals surface area contributed by atoms with Gasteiger partial charge < -0.3 is 0 Å². The molecule has 0 fully saturated rings. The molecule has 0 spiro atoms. The second-order valence-electron chi connectivity index (χ2n) is 4.32. The van der Waals surface area contributed by atoms with Gasteiger partial charge in [-0.05, 0) is 61.4 Å². The minimum Gasteiger partial charge on any atom is -0.218 e. The van der Waals surface area contributed by atoms with Crippen LogP contribution in [0.15, 0.2) is 46.2 Å². The zero-order valence-electron chi connectivity index (χ0n) is 10.4. The van der Waals surface area contributed by atoms with Crippen LogP contribution in [-0.2, 0) is 9.84 Å². The van der Waals surface area contributed by atoms with Gasteiger partial charge in [0.25, 0.3) is 0 Å². The van der Waals surface area contributed by atoms with Crippen LogP contribution in [0.1, 0.15) is 11.1 Å². The summed E-state index contributed by atoms with van der Waals surface area (Å²) in [4.78, 5) is 0.532. The van der Waals surface area contributed by atoms with Crippen molar-refractivity contribution in [2.24, 2.45) is 0 Å². The molecule has 0 radical (unpaired) electrons. The van der Waals surface area contributed by atoms with Crippen molar-refractivity contribution in [1.29, 1.82) is 0 Å². The number of hydrogen-bond donors (Lipinski definition) is 0. The molecular weight excluding hydrogens is 303 g/mol. The van der Waals surface area contributed by atoms with Gasteiger partial charge in [-0.2, -0.15) is 0 Å². The van der Waals surface area contributed by atoms with Crippen molar-refractivity contribution in [3.8, 4) is 0 Å². The van der Waals surface area contributed by atoms with Crippen molar-refractivity contribution in [3.05, 3.63) is 57.6 Å². The molecule has 0 heterocycles. The molecule has 0 aromatic heterocycles. The Bertz CT molecular complexity index is 680. The topological polar surface area (TPSA) is 34.1 Å². The van der Waals surface area contributed by atoms with Crippen molar-refractivity contribution in [2.45, 2.75) is 23.6 Å². The van der Waals surface area contributed by atoms with Crippen LogP contribution >= 0.6 is 23.2 Å². The maximum atomic E-state index is 12.6. The van der Waals surface area contributed by atoms with Crippen LogP contribution in [0, 0.1) is 13.8 Å². The number of aryl methyl sites for hydroxylation is 2. The molecule has 2 rings (SSSR count). The summed E-state index contributed by atoms with van der Waals surface area (Å²) in [6.07, 6.45) is 0. The summed E-state index contributed by atoms with van der Waals surface area (Å²) in [5, 5.41) is 1.04. The number of hydrogen-bond acceptors (Lipinski definition) is 2. The first-order chi connectivity index (χ1) is 8.82. The Hall–Kier alpha value is -1.03. The first-order valence-corrected chi connectivity index (χ1v) is 7.83. The molecule has 2 nitrogen and oxygen atoms in total. The van der Waals surface area contributed by atoms with E-state index in [9.17, 15) is 8.42 Å². The molecule has 19 heavy (non-hydrogen) atoms. The lowest BCUT2D eigenvalue weighted by Crippen LogP contribution is -2.06. The predicted molar refractivity (Wildman–Crippen MR) is 77.8 cm³/mol. The Morgan fingerprint density at radius 2 is 1.16 bits per heavy atom. The van der Waals surface area contributed by atoms with E-state index in [4.69, 9.17) is 23.2 Å². The fourth-order valence-corrected chi connectivity index (χ4v) is 4.10. The monoisotopic (exact) mass is 314 g/mol. The Morgan fingerprint density at radius 1 is 0.789 bits per heavy atom. The summed E-state index contributed by atoms with van der Waals surface area (Å²) in [6.45, 7) is 3.45. The highest BCUT2D eigenvalue weighted by Crippen LogP contribution is 2.29. The molecule has 0 unspecified atom stereocenters. The normalized spacial score (nSPS) is 11.6. The van der Waals surface area contributed by atoms with E-state index in [1.807, 2.05) is 0 Å². The molecule has 2 aromatic rings. The first-order valence-electron chi connectivity index (χ1n) is 5.60. The Balaban J connectivity index is 2.65. The van der Waals surface area contributed by atoms with Crippen LogP contribution < -0.4 is 0 Å². The molecule has 0 aliphatic carbocycles. The lowest BCUT2D eigenvalue weighted by molar-refractivity contribution is 0.595. The molecule has 0 bridgehead atoms. The highest BCUT2D eigenvalue weighted by molar-refractivity contribution is 7.91. The SMILES string of the molecule is Cc1cc(Cl)ccc1S(=O)(=O)c1ccc(Cl)cc1C. The third kappa shape index (κ3) is 2.78. The standard InChI is InChI=1S/C14H12Cl2O2S/c1-9-7-11(15)3-5-13(9)19(17,18)14-6-4-12(16)8-10(14)2/h3-8H,1-2H3. The summed E-state index contributed by atoms with van der Waals surface area (Å²) in [7, 11) is -3.55. The highest BCUT2D eigenvalue weighted by atomic mass is 35.5. The third-order valence-corrected chi connectivity index (χ3v) is 5.40. The summed E-state index contributed by atoms with van der Waals surface area (Å²) < 4.78 is 25.2. The van der Waals surface area contributed by atoms with Crippen molar-refractivity contribution >= 4 is 33.0 Å². The second kappa shape index (κ2) is 5.16. The van der Waals surface area contributed by atoms with E-state index in [-0.39, 0.29) is 9.79 Å². The van der Waals surface area contributed by atoms with Gasteiger partial charge in [-0.1, -0.05) is 23.2 Å². The van der Waals surface area contributed by atoms with Gasteiger partial charge in [0.15, 0.2) is 0 Å². The van der Waals surface area contributed by atoms with Crippen molar-refractivity contribution in [3.63, 3.8) is 0 Å². The molecule has 0 saturated carbocycles. The minimum atomic E-state index is -3.55. The summed E-state index contributed by atoms with van der Waals surface area (Å²) in [5.41, 5.74) is 1.25. The van der Waals surface area contributed by atoms with Gasteiger partial charge in [0.1, 0.15) is 0 Å². The number of sulfone groups is 1. The predicted octanol–water partition coefficient (Wildman–Crippen LogP) is 4.44. The molecule has 0 aliphatic heterocycles. The number of halogens is 2. The van der Waals surface area contributed by atoms with E-state index in [0.717, 1.165) is 0 Å². The Labute approximate surface area is 122 Å². The number of rotatable bonds is 2. The summed E-state index contributed by atoms with van der Waals surface area (Å²) in [5.74, 6) is 0. The average Bonchev–Trinajstić information content (AvgIpc) is 2.27. The Morgan fingerprint density at radius 3 is 1.47 bits per heavy atom. The van der Waals surface area contributed by atoms with E-state index in [0.29, 0.717) is 21.2 Å². The van der Waals surface area contributed by atoms with Gasteiger partial charge in [0.2, 0.25) is 9.84 Å². The molecule has 2 aromatic carbocycles. The minimum absolute atomic E-state index is 0.266. The number of benzene rings is 2. The summed E-state index contributed by atoms with van der Waals surface area (Å²) in [6, 6.07) is 9.49. The molecule has 0 saturated heterocycles. The second-order valence-corrected chi connectivity index (χ2v) is 7.08. The average molecular weight is 315 g/mol. The smallest absolute Gasteiger partial charge is 0.207 e. The molecule has 0 atom stereocenters. The van der Waals surface area contributed by atoms with Crippen LogP contribution in [-0.4, -0.2) is 8.42 Å². The van der Waals surface area contributed by atoms with E-state index < -0.39 is 9.84 Å². The van der Waals surface area contributed by atoms with Gasteiger partial charge in [-0.3, -0.25) is 0 Å². The molecule has 5 heteroatoms. The van der Waals surface area contributed by atoms with Crippen LogP contribution in [0.25, 0.3) is 0 Å². The van der Waals surface area contributed by atoms with Crippen molar-refractivity contribution in [2.75, 3.05) is 0 Å². The van der Waals surface area contributed by atoms with Gasteiger partial charge >= 0.3 is 0 Å². The van der Waals surface area contributed by atoms with E-state index in [2.05, 4.69) is 0 Å². The lowest BCUT2D eigenvalue weighted by Gasteiger charge is -2.10. The van der Waals surface area contributed by atoms with Gasteiger partial charge in [0.05, 0.1) is 9.79 Å². The van der Waals surface area contributed by atoms with E-state index in [1.165, 1.54) is 12.1 Å². The van der Waals surface area contributed by atoms with Gasteiger partial charge in [-0.25, -0.2) is 8.42 Å². The fourth-order valence-electron chi connectivity index (χ4n) is 1.95. The van der Waals surface area contributed by atoms with Gasteiger partial charge in [-0.15, -0.1) is 0 Å². The largest absolute Gasteiger partial charge is 0.218 e. The van der Waals surface area contributed by atoms with Crippen LogP contribution in [0.5, 0.6) is 0 Å². The molecule has 0 aliphatic rings. The zero-order valence-corrected chi connectivity index (χ0v) is 12.8. The van der Waals surface area contributed by atoms with E-state index in [1.54, 1.807) is 38.1 Å². The highest BCUT2D eigenvalue weighted by Gasteiger charge is 2.21. The molecule has 0 N–H and O–H groups in total. The van der Waals surface area contributed by atoms with Crippen molar-refractivity contribution in [1.82, 2.24) is 0 Å². The maximum Gasteiger partial charge on any atom is 0.207 e. The van der Waals surface area contributed by atoms with Crippen molar-refractivity contribution < 1.29 is 8.42 Å². The quantitative estimate of drug-likeness (QED) is 0.821. The lowest BCUT2D eigenvalue weighted by atomic mass is 10.2. The molecule has 0 amide bonds. The van der Waals surface area contributed by atoms with Crippen LogP contribution in [0.2, 0.25) is 10.0 Å². The third-order valence-electron chi connectivity index (χ3n) is 2.85. The van der Waals surface area contributed by atoms with E-state index >= 15 is 0 Å². The van der Waals surface area contributed by atoms with Crippen LogP contribution in [0.4, 0.5) is 0 Å². The molecule has 100 valence electrons. The molecular formula is C14H12Cl2O2S. The first kappa shape index (κ1) is 14.4. The van der Waals surface area contributed by atoms with Crippen LogP contribution in [0.3, 0.4) is 0 Å². The summed E-state index contributed by atoms with van der Waals surface area (Å²) >= 11 is 11.7. The maximum absolute atomic E-state index is 12.6. The zero-order chi connectivity index (χ0) is 14.2. The van der Waals surface area contributed by atoms with Gasteiger partial charge in [0, 0.05) is 10.0 Å². The fraction of sp³-hybridized carbons (Fsp3) is 0.143.